The third-order valence-corrected chi connectivity index (χ3v) is 5.47. The highest BCUT2D eigenvalue weighted by Gasteiger charge is 2.24. The van der Waals surface area contributed by atoms with Gasteiger partial charge in [-0.2, -0.15) is 0 Å². The van der Waals surface area contributed by atoms with E-state index < -0.39 is 0 Å². The van der Waals surface area contributed by atoms with Crippen LogP contribution in [0.2, 0.25) is 0 Å². The highest BCUT2D eigenvalue weighted by Crippen LogP contribution is 2.37. The normalized spacial score (nSPS) is 21.9. The summed E-state index contributed by atoms with van der Waals surface area (Å²) in [6.45, 7) is 3.48. The average Bonchev–Trinajstić information content (AvgIpc) is 3.11. The van der Waals surface area contributed by atoms with E-state index in [1.807, 2.05) is 0 Å². The highest BCUT2D eigenvalue weighted by molar-refractivity contribution is 6.08. The van der Waals surface area contributed by atoms with Crippen LogP contribution >= 0.6 is 0 Å². The topological polar surface area (TPSA) is 17.0 Å². The quantitative estimate of drug-likeness (QED) is 0.762. The van der Waals surface area contributed by atoms with Crippen LogP contribution in [0.25, 0.3) is 21.8 Å². The summed E-state index contributed by atoms with van der Waals surface area (Å²) in [5, 5.41) is 6.36. The summed E-state index contributed by atoms with van der Waals surface area (Å²) in [6.07, 6.45) is 4.08. The first-order valence-electron chi connectivity index (χ1n) is 8.62. The molecule has 1 N–H and O–H groups in total. The van der Waals surface area contributed by atoms with Crippen LogP contribution in [0.15, 0.2) is 42.5 Å². The number of benzene rings is 2. The number of para-hydroxylation sites is 1. The summed E-state index contributed by atoms with van der Waals surface area (Å²) in [5.74, 6) is 1.59. The summed E-state index contributed by atoms with van der Waals surface area (Å²) in [4.78, 5) is 0. The van der Waals surface area contributed by atoms with Gasteiger partial charge in [-0.3, -0.25) is 0 Å². The van der Waals surface area contributed by atoms with Crippen LogP contribution in [0.1, 0.15) is 30.7 Å². The standard InChI is InChI=1S/C20H22N2/c1-2-4-19-17(3-1)18-11-15(16-9-10-21-12-16)7-8-20(18)22(19)13-14-5-6-14/h1-4,7-8,11,14,16,21H,5-6,9-10,12-13H2. The molecule has 3 aromatic rings. The van der Waals surface area contributed by atoms with Crippen molar-refractivity contribution < 1.29 is 0 Å². The van der Waals surface area contributed by atoms with Gasteiger partial charge in [0.15, 0.2) is 0 Å². The summed E-state index contributed by atoms with van der Waals surface area (Å²) in [7, 11) is 0. The largest absolute Gasteiger partial charge is 0.340 e. The fraction of sp³-hybridized carbons (Fsp3) is 0.400. The van der Waals surface area contributed by atoms with E-state index in [1.165, 1.54) is 53.2 Å². The first-order valence-corrected chi connectivity index (χ1v) is 8.62. The molecule has 2 aliphatic rings. The molecule has 1 aliphatic heterocycles. The predicted molar refractivity (Wildman–Crippen MR) is 92.4 cm³/mol. The molecular formula is C20H22N2. The number of nitrogens with one attached hydrogen (secondary N) is 1. The fourth-order valence-electron chi connectivity index (χ4n) is 4.02. The zero-order valence-corrected chi connectivity index (χ0v) is 12.9. The Bertz CT molecular complexity index is 835. The van der Waals surface area contributed by atoms with Gasteiger partial charge in [0.2, 0.25) is 0 Å². The molecule has 1 saturated carbocycles. The van der Waals surface area contributed by atoms with Crippen molar-refractivity contribution in [3.05, 3.63) is 48.0 Å². The molecule has 0 spiro atoms. The second-order valence-electron chi connectivity index (χ2n) is 7.04. The molecule has 2 heteroatoms. The lowest BCUT2D eigenvalue weighted by molar-refractivity contribution is 0.664. The molecule has 1 saturated heterocycles. The monoisotopic (exact) mass is 290 g/mol. The van der Waals surface area contributed by atoms with Crippen LogP contribution in [0.3, 0.4) is 0 Å². The Morgan fingerprint density at radius 3 is 2.64 bits per heavy atom. The molecular weight excluding hydrogens is 268 g/mol. The number of hydrogen-bond donors (Lipinski definition) is 1. The molecule has 1 unspecified atom stereocenters. The summed E-state index contributed by atoms with van der Waals surface area (Å²) in [6, 6.07) is 16.1. The first-order chi connectivity index (χ1) is 10.9. The van der Waals surface area contributed by atoms with E-state index in [1.54, 1.807) is 0 Å². The van der Waals surface area contributed by atoms with Crippen LogP contribution in [-0.4, -0.2) is 17.7 Å². The Morgan fingerprint density at radius 2 is 1.82 bits per heavy atom. The van der Waals surface area contributed by atoms with Crippen LogP contribution in [0.5, 0.6) is 0 Å². The SMILES string of the molecule is c1ccc2c(c1)c1cc(C3CCNC3)ccc1n2CC1CC1. The first kappa shape index (κ1) is 12.7. The molecule has 5 rings (SSSR count). The zero-order valence-electron chi connectivity index (χ0n) is 12.9. The van der Waals surface area contributed by atoms with E-state index in [0.29, 0.717) is 5.92 Å². The van der Waals surface area contributed by atoms with E-state index in [0.717, 1.165) is 19.0 Å². The van der Waals surface area contributed by atoms with Gasteiger partial charge >= 0.3 is 0 Å². The molecule has 2 aromatic carbocycles. The maximum atomic E-state index is 3.49. The number of nitrogens with zero attached hydrogens (tertiary/aromatic N) is 1. The van der Waals surface area contributed by atoms with Gasteiger partial charge in [-0.1, -0.05) is 24.3 Å². The van der Waals surface area contributed by atoms with Crippen molar-refractivity contribution in [2.45, 2.75) is 31.7 Å². The molecule has 0 radical (unpaired) electrons. The number of aromatic nitrogens is 1. The molecule has 2 nitrogen and oxygen atoms in total. The van der Waals surface area contributed by atoms with Crippen molar-refractivity contribution in [3.63, 3.8) is 0 Å². The lowest BCUT2D eigenvalue weighted by Gasteiger charge is -2.10. The van der Waals surface area contributed by atoms with E-state index in [-0.39, 0.29) is 0 Å². The molecule has 1 aromatic heterocycles. The number of rotatable bonds is 3. The third-order valence-electron chi connectivity index (χ3n) is 5.47. The van der Waals surface area contributed by atoms with Crippen molar-refractivity contribution in [1.29, 1.82) is 0 Å². The van der Waals surface area contributed by atoms with Gasteiger partial charge in [0.25, 0.3) is 0 Å². The number of fused-ring (bicyclic) bond motifs is 3. The van der Waals surface area contributed by atoms with Gasteiger partial charge in [-0.25, -0.2) is 0 Å². The van der Waals surface area contributed by atoms with E-state index in [9.17, 15) is 0 Å². The zero-order chi connectivity index (χ0) is 14.5. The van der Waals surface area contributed by atoms with Gasteiger partial charge < -0.3 is 9.88 Å². The van der Waals surface area contributed by atoms with Gasteiger partial charge in [-0.05, 0) is 61.4 Å². The van der Waals surface area contributed by atoms with Crippen molar-refractivity contribution >= 4 is 21.8 Å². The molecule has 1 atom stereocenters. The van der Waals surface area contributed by atoms with E-state index in [4.69, 9.17) is 0 Å². The van der Waals surface area contributed by atoms with E-state index in [2.05, 4.69) is 52.3 Å². The van der Waals surface area contributed by atoms with Crippen molar-refractivity contribution in [2.24, 2.45) is 5.92 Å². The van der Waals surface area contributed by atoms with Crippen LogP contribution < -0.4 is 5.32 Å². The molecule has 0 bridgehead atoms. The van der Waals surface area contributed by atoms with Gasteiger partial charge in [0, 0.05) is 34.9 Å². The van der Waals surface area contributed by atoms with Crippen molar-refractivity contribution in [2.75, 3.05) is 13.1 Å². The minimum absolute atomic E-state index is 0.690. The summed E-state index contributed by atoms with van der Waals surface area (Å²) < 4.78 is 2.55. The second kappa shape index (κ2) is 4.85. The highest BCUT2D eigenvalue weighted by atomic mass is 15.0. The van der Waals surface area contributed by atoms with Gasteiger partial charge in [0.1, 0.15) is 0 Å². The number of hydrogen-bond acceptors (Lipinski definition) is 1. The smallest absolute Gasteiger partial charge is 0.0491 e. The van der Waals surface area contributed by atoms with Crippen molar-refractivity contribution in [3.8, 4) is 0 Å². The molecule has 2 fully saturated rings. The minimum Gasteiger partial charge on any atom is -0.340 e. The molecule has 0 amide bonds. The Morgan fingerprint density at radius 1 is 0.955 bits per heavy atom. The Balaban J connectivity index is 1.72. The molecule has 22 heavy (non-hydrogen) atoms. The fourth-order valence-corrected chi connectivity index (χ4v) is 4.02. The van der Waals surface area contributed by atoms with Gasteiger partial charge in [-0.15, -0.1) is 0 Å². The molecule has 2 heterocycles. The summed E-state index contributed by atoms with van der Waals surface area (Å²) >= 11 is 0. The van der Waals surface area contributed by atoms with Crippen molar-refractivity contribution in [1.82, 2.24) is 9.88 Å². The maximum Gasteiger partial charge on any atom is 0.0491 e. The lowest BCUT2D eigenvalue weighted by Crippen LogP contribution is -2.07. The van der Waals surface area contributed by atoms with Crippen LogP contribution in [0, 0.1) is 5.92 Å². The third kappa shape index (κ3) is 1.98. The lowest BCUT2D eigenvalue weighted by atomic mass is 9.96. The van der Waals surface area contributed by atoms with Gasteiger partial charge in [0.05, 0.1) is 0 Å². The minimum atomic E-state index is 0.690. The molecule has 1 aliphatic carbocycles. The maximum absolute atomic E-state index is 3.49. The average molecular weight is 290 g/mol. The predicted octanol–water partition coefficient (Wildman–Crippen LogP) is 4.28. The van der Waals surface area contributed by atoms with Crippen LogP contribution in [0.4, 0.5) is 0 Å². The molecule has 112 valence electrons. The Kier molecular flexibility index (Phi) is 2.80. The summed E-state index contributed by atoms with van der Waals surface area (Å²) in [5.41, 5.74) is 4.33. The second-order valence-corrected chi connectivity index (χ2v) is 7.04. The van der Waals surface area contributed by atoms with Crippen LogP contribution in [-0.2, 0) is 6.54 Å². The van der Waals surface area contributed by atoms with E-state index >= 15 is 0 Å². The Labute approximate surface area is 131 Å². The Hall–Kier alpha value is -1.80.